The number of aliphatic hydroxyl groups excluding tert-OH is 1. The molecule has 1 saturated heterocycles. The maximum atomic E-state index is 13.8. The van der Waals surface area contributed by atoms with E-state index in [4.69, 9.17) is 4.74 Å². The molecule has 2 atom stereocenters. The fourth-order valence-electron chi connectivity index (χ4n) is 6.28. The van der Waals surface area contributed by atoms with Crippen LogP contribution in [-0.2, 0) is 19.4 Å². The number of aromatic nitrogens is 1. The predicted molar refractivity (Wildman–Crippen MR) is 140 cm³/mol. The Labute approximate surface area is 230 Å². The summed E-state index contributed by atoms with van der Waals surface area (Å²) >= 11 is 0. The lowest BCUT2D eigenvalue weighted by molar-refractivity contribution is -0.127. The van der Waals surface area contributed by atoms with Crippen LogP contribution in [0, 0.1) is 11.3 Å². The number of nitriles is 1. The number of aryl methyl sites for hydroxylation is 1. The van der Waals surface area contributed by atoms with E-state index in [9.17, 15) is 33.1 Å². The summed E-state index contributed by atoms with van der Waals surface area (Å²) in [5.74, 6) is -0.698. The van der Waals surface area contributed by atoms with Crippen molar-refractivity contribution < 1.29 is 32.6 Å². The number of benzene rings is 1. The first-order chi connectivity index (χ1) is 18.8. The van der Waals surface area contributed by atoms with Crippen LogP contribution in [0.4, 0.5) is 13.2 Å². The van der Waals surface area contributed by atoms with Gasteiger partial charge in [-0.15, -0.1) is 0 Å². The Morgan fingerprint density at radius 2 is 1.93 bits per heavy atom. The van der Waals surface area contributed by atoms with Gasteiger partial charge in [0.15, 0.2) is 0 Å². The fourth-order valence-corrected chi connectivity index (χ4v) is 6.28. The number of halogens is 3. The number of aliphatic hydroxyl groups is 1. The Balaban J connectivity index is 1.62. The van der Waals surface area contributed by atoms with E-state index in [2.05, 4.69) is 11.4 Å². The van der Waals surface area contributed by atoms with Crippen molar-refractivity contribution in [3.8, 4) is 23.1 Å². The molecule has 214 valence electrons. The smallest absolute Gasteiger partial charge is 0.393 e. The summed E-state index contributed by atoms with van der Waals surface area (Å²) in [5, 5.41) is 22.8. The topological polar surface area (TPSA) is 108 Å². The molecule has 1 aromatic heterocycles. The summed E-state index contributed by atoms with van der Waals surface area (Å²) in [4.78, 5) is 28.7. The van der Waals surface area contributed by atoms with Crippen LogP contribution in [0.2, 0.25) is 0 Å². The highest BCUT2D eigenvalue weighted by Gasteiger charge is 2.45. The monoisotopic (exact) mass is 558 g/mol. The van der Waals surface area contributed by atoms with Crippen LogP contribution in [0.3, 0.4) is 0 Å². The van der Waals surface area contributed by atoms with Crippen molar-refractivity contribution in [2.75, 3.05) is 13.7 Å². The number of alkyl halides is 3. The molecule has 0 spiro atoms. The summed E-state index contributed by atoms with van der Waals surface area (Å²) in [6.45, 7) is 4.08. The number of ether oxygens (including phenoxy) is 1. The third-order valence-corrected chi connectivity index (χ3v) is 8.92. The minimum Gasteiger partial charge on any atom is -0.496 e. The molecule has 0 radical (unpaired) electrons. The first-order valence-electron chi connectivity index (χ1n) is 13.6. The van der Waals surface area contributed by atoms with Crippen LogP contribution in [-0.4, -0.2) is 63.4 Å². The predicted octanol–water partition coefficient (Wildman–Crippen LogP) is 4.38. The summed E-state index contributed by atoms with van der Waals surface area (Å²) in [5.41, 5.74) is -0.224. The molecule has 0 bridgehead atoms. The molecule has 40 heavy (non-hydrogen) atoms. The van der Waals surface area contributed by atoms with Gasteiger partial charge in [-0.1, -0.05) is 0 Å². The summed E-state index contributed by atoms with van der Waals surface area (Å²) < 4.78 is 48.4. The maximum Gasteiger partial charge on any atom is 0.393 e. The number of nitrogens with one attached hydrogen (secondary N) is 1. The van der Waals surface area contributed by atoms with Crippen LogP contribution in [0.5, 0.6) is 5.75 Å². The van der Waals surface area contributed by atoms with Crippen LogP contribution in [0.15, 0.2) is 18.2 Å². The van der Waals surface area contributed by atoms with Gasteiger partial charge in [-0.3, -0.25) is 9.59 Å². The molecule has 3 aliphatic rings. The number of hydrogen-bond acceptors (Lipinski definition) is 5. The standard InChI is InChI=1S/C29H33F3N4O4/c1-17(37)27(2)7-5-10-36(27)26(39)22-12-19(15-29(30,31)32)24-20-14-21(25(38)34-28(16-33)8-4-9-28)23(40-3)13-18(20)6-11-35(22)24/h12-14,17,37H,4-11,15H2,1-3H3,(H,34,38)/t17-,27-/m1/s1. The van der Waals surface area contributed by atoms with E-state index < -0.39 is 41.6 Å². The highest BCUT2D eigenvalue weighted by molar-refractivity contribution is 6.00. The lowest BCUT2D eigenvalue weighted by Crippen LogP contribution is -2.52. The lowest BCUT2D eigenvalue weighted by Gasteiger charge is -2.38. The van der Waals surface area contributed by atoms with Crippen LogP contribution in [0.1, 0.15) is 77.9 Å². The Kier molecular flexibility index (Phi) is 6.89. The molecular formula is C29H33F3N4O4. The van der Waals surface area contributed by atoms with Gasteiger partial charge < -0.3 is 24.6 Å². The second-order valence-corrected chi connectivity index (χ2v) is 11.4. The maximum absolute atomic E-state index is 13.8. The third-order valence-electron chi connectivity index (χ3n) is 8.92. The van der Waals surface area contributed by atoms with Crippen molar-refractivity contribution in [1.29, 1.82) is 5.26 Å². The van der Waals surface area contributed by atoms with Crippen molar-refractivity contribution >= 4 is 11.8 Å². The van der Waals surface area contributed by atoms with E-state index in [0.29, 0.717) is 49.8 Å². The molecular weight excluding hydrogens is 525 g/mol. The molecule has 3 heterocycles. The minimum absolute atomic E-state index is 0.0567. The summed E-state index contributed by atoms with van der Waals surface area (Å²) in [7, 11) is 1.41. The first kappa shape index (κ1) is 28.0. The number of amides is 2. The summed E-state index contributed by atoms with van der Waals surface area (Å²) in [6, 6.07) is 6.64. The van der Waals surface area contributed by atoms with Crippen molar-refractivity contribution in [1.82, 2.24) is 14.8 Å². The van der Waals surface area contributed by atoms with Gasteiger partial charge in [-0.25, -0.2) is 0 Å². The SMILES string of the molecule is COc1cc2c(cc1C(=O)NC1(C#N)CCC1)-c1c(CC(F)(F)F)cc(C(=O)N3CCC[C@]3(C)[C@@H](C)O)n1CC2. The molecule has 2 aromatic rings. The van der Waals surface area contributed by atoms with E-state index in [1.165, 1.54) is 19.2 Å². The van der Waals surface area contributed by atoms with Crippen LogP contribution >= 0.6 is 0 Å². The van der Waals surface area contributed by atoms with Gasteiger partial charge in [0.1, 0.15) is 17.0 Å². The number of likely N-dealkylation sites (tertiary alicyclic amines) is 1. The van der Waals surface area contributed by atoms with E-state index in [0.717, 1.165) is 6.42 Å². The second kappa shape index (κ2) is 9.84. The van der Waals surface area contributed by atoms with E-state index in [-0.39, 0.29) is 34.8 Å². The number of carbonyl (C=O) groups excluding carboxylic acids is 2. The Bertz CT molecular complexity index is 1400. The first-order valence-corrected chi connectivity index (χ1v) is 13.6. The molecule has 1 saturated carbocycles. The van der Waals surface area contributed by atoms with Crippen molar-refractivity contribution in [2.45, 2.75) is 88.7 Å². The lowest BCUT2D eigenvalue weighted by atomic mass is 9.78. The highest BCUT2D eigenvalue weighted by atomic mass is 19.4. The summed E-state index contributed by atoms with van der Waals surface area (Å²) in [6.07, 6.45) is -3.05. The van der Waals surface area contributed by atoms with Crippen molar-refractivity contribution in [3.63, 3.8) is 0 Å². The largest absolute Gasteiger partial charge is 0.496 e. The average molecular weight is 559 g/mol. The Morgan fingerprint density at radius 3 is 2.50 bits per heavy atom. The molecule has 2 aliphatic heterocycles. The quantitative estimate of drug-likeness (QED) is 0.548. The molecule has 2 N–H and O–H groups in total. The number of hydrogen-bond donors (Lipinski definition) is 2. The Hall–Kier alpha value is -3.52. The van der Waals surface area contributed by atoms with Gasteiger partial charge >= 0.3 is 6.18 Å². The zero-order valence-electron chi connectivity index (χ0n) is 22.8. The van der Waals surface area contributed by atoms with Gasteiger partial charge in [-0.05, 0) is 81.7 Å². The van der Waals surface area contributed by atoms with E-state index in [1.54, 1.807) is 29.4 Å². The number of nitrogens with zero attached hydrogens (tertiary/aromatic N) is 3. The van der Waals surface area contributed by atoms with Crippen LogP contribution in [0.25, 0.3) is 11.3 Å². The van der Waals surface area contributed by atoms with Crippen molar-refractivity contribution in [3.05, 3.63) is 40.6 Å². The van der Waals surface area contributed by atoms with Gasteiger partial charge in [0, 0.05) is 18.7 Å². The Morgan fingerprint density at radius 1 is 1.20 bits per heavy atom. The number of rotatable bonds is 6. The zero-order valence-corrected chi connectivity index (χ0v) is 22.8. The van der Waals surface area contributed by atoms with E-state index in [1.807, 2.05) is 0 Å². The molecule has 1 aliphatic carbocycles. The normalized spacial score (nSPS) is 22.0. The van der Waals surface area contributed by atoms with Gasteiger partial charge in [0.05, 0.1) is 42.5 Å². The average Bonchev–Trinajstić information content (AvgIpc) is 3.45. The van der Waals surface area contributed by atoms with Gasteiger partial charge in [0.25, 0.3) is 11.8 Å². The molecule has 5 rings (SSSR count). The number of carbonyl (C=O) groups is 2. The zero-order chi connectivity index (χ0) is 29.0. The minimum atomic E-state index is -4.53. The molecule has 8 nitrogen and oxygen atoms in total. The van der Waals surface area contributed by atoms with Crippen molar-refractivity contribution in [2.24, 2.45) is 0 Å². The highest BCUT2D eigenvalue weighted by Crippen LogP contribution is 2.42. The van der Waals surface area contributed by atoms with Gasteiger partial charge in [-0.2, -0.15) is 18.4 Å². The third kappa shape index (κ3) is 4.62. The van der Waals surface area contributed by atoms with E-state index >= 15 is 0 Å². The number of fused-ring (bicyclic) bond motifs is 3. The molecule has 0 unspecified atom stereocenters. The molecule has 2 fully saturated rings. The molecule has 11 heteroatoms. The molecule has 2 amide bonds. The number of methoxy groups -OCH3 is 1. The van der Waals surface area contributed by atoms with Gasteiger partial charge in [0.2, 0.25) is 0 Å². The second-order valence-electron chi connectivity index (χ2n) is 11.4. The molecule has 1 aromatic carbocycles. The fraction of sp³-hybridized carbons (Fsp3) is 0.552. The van der Waals surface area contributed by atoms with Crippen LogP contribution < -0.4 is 10.1 Å².